The predicted molar refractivity (Wildman–Crippen MR) is 82.2 cm³/mol. The van der Waals surface area contributed by atoms with Gasteiger partial charge in [-0.2, -0.15) is 15.0 Å². The summed E-state index contributed by atoms with van der Waals surface area (Å²) in [4.78, 5) is 12.1. The summed E-state index contributed by atoms with van der Waals surface area (Å²) in [6, 6.07) is 8.48. The van der Waals surface area contributed by atoms with Crippen molar-refractivity contribution in [1.29, 1.82) is 0 Å². The lowest BCUT2D eigenvalue weighted by atomic mass is 10.0. The van der Waals surface area contributed by atoms with Gasteiger partial charge in [-0.25, -0.2) is 0 Å². The van der Waals surface area contributed by atoms with E-state index in [1.807, 2.05) is 0 Å². The van der Waals surface area contributed by atoms with Crippen LogP contribution in [0.25, 0.3) is 0 Å². The maximum Gasteiger partial charge on any atom is 0.229 e. The second-order valence-electron chi connectivity index (χ2n) is 4.75. The Hall–Kier alpha value is -1.88. The number of anilines is 2. The van der Waals surface area contributed by atoms with Crippen LogP contribution in [0.1, 0.15) is 30.9 Å². The number of aromatic nitrogens is 3. The molecule has 2 aromatic rings. The highest BCUT2D eigenvalue weighted by Crippen LogP contribution is 2.15. The molecule has 6 heteroatoms. The summed E-state index contributed by atoms with van der Waals surface area (Å²) in [5.74, 6) is 1.45. The van der Waals surface area contributed by atoms with Crippen molar-refractivity contribution in [2.45, 2.75) is 26.3 Å². The first kappa shape index (κ1) is 14.5. The molecular weight excluding hydrogens is 274 g/mol. The zero-order chi connectivity index (χ0) is 14.5. The highest BCUT2D eigenvalue weighted by atomic mass is 35.5. The molecule has 0 aliphatic heterocycles. The molecule has 2 N–H and O–H groups in total. The minimum atomic E-state index is 0.169. The summed E-state index contributed by atoms with van der Waals surface area (Å²) in [6.07, 6.45) is 0. The average Bonchev–Trinajstić information content (AvgIpc) is 2.45. The van der Waals surface area contributed by atoms with Crippen LogP contribution in [0.2, 0.25) is 5.28 Å². The Balaban J connectivity index is 2.03. The normalized spacial score (nSPS) is 10.7. The van der Waals surface area contributed by atoms with Gasteiger partial charge in [-0.3, -0.25) is 0 Å². The van der Waals surface area contributed by atoms with Gasteiger partial charge in [0.1, 0.15) is 0 Å². The molecule has 106 valence electrons. The Morgan fingerprint density at radius 1 is 1.05 bits per heavy atom. The summed E-state index contributed by atoms with van der Waals surface area (Å²) in [7, 11) is 1.74. The number of hydrogen-bond acceptors (Lipinski definition) is 5. The molecule has 0 amide bonds. The minimum Gasteiger partial charge on any atom is -0.357 e. The summed E-state index contributed by atoms with van der Waals surface area (Å²) >= 11 is 5.82. The molecule has 20 heavy (non-hydrogen) atoms. The van der Waals surface area contributed by atoms with Crippen molar-refractivity contribution in [2.24, 2.45) is 0 Å². The van der Waals surface area contributed by atoms with E-state index in [0.717, 1.165) is 5.56 Å². The monoisotopic (exact) mass is 291 g/mol. The fourth-order valence-electron chi connectivity index (χ4n) is 1.74. The molecule has 0 unspecified atom stereocenters. The average molecular weight is 292 g/mol. The molecule has 5 nitrogen and oxygen atoms in total. The number of nitrogens with zero attached hydrogens (tertiary/aromatic N) is 3. The van der Waals surface area contributed by atoms with Crippen LogP contribution >= 0.6 is 11.6 Å². The van der Waals surface area contributed by atoms with E-state index >= 15 is 0 Å². The maximum absolute atomic E-state index is 5.82. The van der Waals surface area contributed by atoms with E-state index in [2.05, 4.69) is 63.7 Å². The Labute approximate surface area is 123 Å². The smallest absolute Gasteiger partial charge is 0.229 e. The lowest BCUT2D eigenvalue weighted by molar-refractivity contribution is 0.865. The van der Waals surface area contributed by atoms with Crippen molar-refractivity contribution in [3.63, 3.8) is 0 Å². The van der Waals surface area contributed by atoms with Crippen molar-refractivity contribution in [3.8, 4) is 0 Å². The van der Waals surface area contributed by atoms with E-state index in [9.17, 15) is 0 Å². The molecule has 0 aliphatic carbocycles. The molecule has 0 fully saturated rings. The Morgan fingerprint density at radius 2 is 1.70 bits per heavy atom. The van der Waals surface area contributed by atoms with Crippen LogP contribution in [0.3, 0.4) is 0 Å². The molecular formula is C14H18ClN5. The summed E-state index contributed by atoms with van der Waals surface area (Å²) in [5, 5.41) is 6.15. The molecule has 1 aromatic carbocycles. The van der Waals surface area contributed by atoms with Gasteiger partial charge in [0.25, 0.3) is 0 Å². The Kier molecular flexibility index (Phi) is 4.74. The van der Waals surface area contributed by atoms with Gasteiger partial charge in [0.2, 0.25) is 17.2 Å². The third-order valence-electron chi connectivity index (χ3n) is 2.93. The summed E-state index contributed by atoms with van der Waals surface area (Å²) < 4.78 is 0. The number of hydrogen-bond donors (Lipinski definition) is 2. The summed E-state index contributed by atoms with van der Waals surface area (Å²) in [6.45, 7) is 5.00. The second-order valence-corrected chi connectivity index (χ2v) is 5.09. The lowest BCUT2D eigenvalue weighted by Gasteiger charge is -2.09. The van der Waals surface area contributed by atoms with E-state index in [4.69, 9.17) is 11.6 Å². The zero-order valence-electron chi connectivity index (χ0n) is 11.8. The van der Waals surface area contributed by atoms with E-state index in [-0.39, 0.29) is 5.28 Å². The van der Waals surface area contributed by atoms with Gasteiger partial charge in [-0.05, 0) is 28.6 Å². The number of benzene rings is 1. The molecule has 0 saturated carbocycles. The standard InChI is InChI=1S/C14H18ClN5/c1-9(2)11-6-4-10(5-7-11)8-17-14-19-12(15)18-13(16-3)20-14/h4-7,9H,8H2,1-3H3,(H2,16,17,18,19,20). The van der Waals surface area contributed by atoms with Crippen LogP contribution in [0, 0.1) is 0 Å². The Morgan fingerprint density at radius 3 is 2.30 bits per heavy atom. The fourth-order valence-corrected chi connectivity index (χ4v) is 1.90. The molecule has 0 bridgehead atoms. The lowest BCUT2D eigenvalue weighted by Crippen LogP contribution is -2.07. The van der Waals surface area contributed by atoms with Crippen LogP contribution < -0.4 is 10.6 Å². The van der Waals surface area contributed by atoms with Crippen LogP contribution in [0.4, 0.5) is 11.9 Å². The third kappa shape index (κ3) is 3.81. The molecule has 1 aromatic heterocycles. The molecule has 0 atom stereocenters. The first-order valence-electron chi connectivity index (χ1n) is 6.50. The van der Waals surface area contributed by atoms with Crippen molar-refractivity contribution in [1.82, 2.24) is 15.0 Å². The van der Waals surface area contributed by atoms with Crippen LogP contribution in [0.15, 0.2) is 24.3 Å². The van der Waals surface area contributed by atoms with Crippen molar-refractivity contribution in [3.05, 3.63) is 40.7 Å². The number of nitrogens with one attached hydrogen (secondary N) is 2. The van der Waals surface area contributed by atoms with E-state index in [1.54, 1.807) is 7.05 Å². The van der Waals surface area contributed by atoms with Gasteiger partial charge >= 0.3 is 0 Å². The van der Waals surface area contributed by atoms with E-state index in [0.29, 0.717) is 24.4 Å². The quantitative estimate of drug-likeness (QED) is 0.885. The SMILES string of the molecule is CNc1nc(Cl)nc(NCc2ccc(C(C)C)cc2)n1. The molecule has 0 saturated heterocycles. The van der Waals surface area contributed by atoms with Gasteiger partial charge in [0.15, 0.2) is 0 Å². The molecule has 2 rings (SSSR count). The van der Waals surface area contributed by atoms with Gasteiger partial charge in [0.05, 0.1) is 0 Å². The maximum atomic E-state index is 5.82. The highest BCUT2D eigenvalue weighted by Gasteiger charge is 2.04. The van der Waals surface area contributed by atoms with Crippen molar-refractivity contribution < 1.29 is 0 Å². The van der Waals surface area contributed by atoms with Crippen molar-refractivity contribution >= 4 is 23.5 Å². The highest BCUT2D eigenvalue weighted by molar-refractivity contribution is 6.28. The van der Waals surface area contributed by atoms with Gasteiger partial charge in [-0.1, -0.05) is 38.1 Å². The molecule has 0 aliphatic rings. The molecule has 1 heterocycles. The van der Waals surface area contributed by atoms with Crippen LogP contribution in [-0.2, 0) is 6.54 Å². The zero-order valence-corrected chi connectivity index (χ0v) is 12.6. The number of halogens is 1. The topological polar surface area (TPSA) is 62.7 Å². The minimum absolute atomic E-state index is 0.169. The van der Waals surface area contributed by atoms with Crippen molar-refractivity contribution in [2.75, 3.05) is 17.7 Å². The first-order chi connectivity index (χ1) is 9.58. The van der Waals surface area contributed by atoms with E-state index in [1.165, 1.54) is 5.56 Å². The van der Waals surface area contributed by atoms with Gasteiger partial charge < -0.3 is 10.6 Å². The largest absolute Gasteiger partial charge is 0.357 e. The Bertz CT molecular complexity index is 568. The van der Waals surface area contributed by atoms with Crippen LogP contribution in [-0.4, -0.2) is 22.0 Å². The van der Waals surface area contributed by atoms with Crippen LogP contribution in [0.5, 0.6) is 0 Å². The van der Waals surface area contributed by atoms with E-state index < -0.39 is 0 Å². The second kappa shape index (κ2) is 6.52. The predicted octanol–water partition coefficient (Wildman–Crippen LogP) is 3.30. The third-order valence-corrected chi connectivity index (χ3v) is 3.10. The molecule has 0 radical (unpaired) electrons. The fraction of sp³-hybridized carbons (Fsp3) is 0.357. The molecule has 0 spiro atoms. The first-order valence-corrected chi connectivity index (χ1v) is 6.88. The summed E-state index contributed by atoms with van der Waals surface area (Å²) in [5.41, 5.74) is 2.49. The number of rotatable bonds is 5. The van der Waals surface area contributed by atoms with Gasteiger partial charge in [-0.15, -0.1) is 0 Å². The van der Waals surface area contributed by atoms with Gasteiger partial charge in [0, 0.05) is 13.6 Å².